The number of likely N-dealkylation sites (tertiary alicyclic amines) is 1. The Morgan fingerprint density at radius 3 is 2.51 bits per heavy atom. The minimum atomic E-state index is -1.84. The van der Waals surface area contributed by atoms with Crippen molar-refractivity contribution < 1.29 is 48.8 Å². The van der Waals surface area contributed by atoms with Gasteiger partial charge in [0.15, 0.2) is 12.4 Å². The Morgan fingerprint density at radius 2 is 1.80 bits per heavy atom. The van der Waals surface area contributed by atoms with Crippen LogP contribution in [0.2, 0.25) is 0 Å². The maximum absolute atomic E-state index is 13.7. The molecule has 5 aliphatic rings. The normalized spacial score (nSPS) is 39.9. The van der Waals surface area contributed by atoms with Crippen molar-refractivity contribution in [2.24, 2.45) is 28.6 Å². The minimum absolute atomic E-state index is 0.00604. The van der Waals surface area contributed by atoms with Crippen molar-refractivity contribution in [3.8, 4) is 0 Å². The summed E-state index contributed by atoms with van der Waals surface area (Å²) in [5.41, 5.74) is -2.19. The number of nitrogens with zero attached hydrogens (tertiary/aromatic N) is 1. The molecule has 224 valence electrons. The first-order chi connectivity index (χ1) is 19.2. The van der Waals surface area contributed by atoms with Crippen LogP contribution in [0.5, 0.6) is 0 Å². The van der Waals surface area contributed by atoms with Gasteiger partial charge in [-0.3, -0.25) is 24.0 Å². The van der Waals surface area contributed by atoms with E-state index in [0.717, 1.165) is 23.3 Å². The highest BCUT2D eigenvalue weighted by Crippen LogP contribution is 2.66. The first kappa shape index (κ1) is 29.6. The molecular weight excluding hydrogens is 534 g/mol. The fourth-order valence-corrected chi connectivity index (χ4v) is 8.86. The van der Waals surface area contributed by atoms with Gasteiger partial charge in [0, 0.05) is 43.6 Å². The SMILES string of the molecule is C[C@]12CCC(=O)C=C1CC[C@@H]1[C@@H]2C(=O)C[C@@]2(C)[C@H]1CC[C@]2(O)C(=O)COC(=O)CCC(=O)N1C[C@H](O)C[C@@H]1C(=O)O. The Kier molecular flexibility index (Phi) is 7.51. The van der Waals surface area contributed by atoms with Gasteiger partial charge in [-0.1, -0.05) is 19.4 Å². The Balaban J connectivity index is 1.21. The summed E-state index contributed by atoms with van der Waals surface area (Å²) in [5.74, 6) is -3.58. The molecular formula is C30H39NO10. The summed E-state index contributed by atoms with van der Waals surface area (Å²) in [6.07, 6.45) is 3.19. The summed E-state index contributed by atoms with van der Waals surface area (Å²) in [4.78, 5) is 76.4. The van der Waals surface area contributed by atoms with Crippen LogP contribution in [0.25, 0.3) is 0 Å². The molecule has 3 N–H and O–H groups in total. The molecule has 8 atom stereocenters. The third-order valence-corrected chi connectivity index (χ3v) is 11.1. The number of aliphatic hydroxyl groups excluding tert-OH is 1. The molecule has 0 aromatic rings. The lowest BCUT2D eigenvalue weighted by atomic mass is 9.46. The predicted molar refractivity (Wildman–Crippen MR) is 141 cm³/mol. The van der Waals surface area contributed by atoms with Crippen LogP contribution in [-0.2, 0) is 33.5 Å². The van der Waals surface area contributed by atoms with E-state index in [-0.39, 0.29) is 73.4 Å². The van der Waals surface area contributed by atoms with E-state index >= 15 is 0 Å². The van der Waals surface area contributed by atoms with Crippen LogP contribution in [0.1, 0.15) is 78.1 Å². The van der Waals surface area contributed by atoms with Gasteiger partial charge < -0.3 is 25.0 Å². The summed E-state index contributed by atoms with van der Waals surface area (Å²) < 4.78 is 5.14. The standard InChI is InChI=1S/C30H39NO10/c1-28-9-7-17(32)11-16(28)3-4-19-20-8-10-30(40,29(20,2)13-22(34)26(19)28)23(35)15-41-25(37)6-5-24(36)31-14-18(33)12-21(31)27(38)39/h11,18-21,26,33,40H,3-10,12-15H2,1-2H3,(H,38,39)/t18-,19+,20+,21-,26-,28+,29+,30+/m1/s1. The van der Waals surface area contributed by atoms with Crippen molar-refractivity contribution in [2.75, 3.05) is 13.2 Å². The smallest absolute Gasteiger partial charge is 0.326 e. The van der Waals surface area contributed by atoms with Gasteiger partial charge in [-0.15, -0.1) is 0 Å². The molecule has 1 amide bonds. The predicted octanol–water partition coefficient (Wildman–Crippen LogP) is 1.37. The summed E-state index contributed by atoms with van der Waals surface area (Å²) >= 11 is 0. The monoisotopic (exact) mass is 573 g/mol. The van der Waals surface area contributed by atoms with Gasteiger partial charge >= 0.3 is 11.9 Å². The lowest BCUT2D eigenvalue weighted by Crippen LogP contribution is -2.61. The van der Waals surface area contributed by atoms with E-state index in [4.69, 9.17) is 4.74 Å². The third kappa shape index (κ3) is 4.74. The fourth-order valence-electron chi connectivity index (χ4n) is 8.86. The van der Waals surface area contributed by atoms with Crippen LogP contribution >= 0.6 is 0 Å². The third-order valence-electron chi connectivity index (χ3n) is 11.1. The second-order valence-corrected chi connectivity index (χ2v) is 13.2. The zero-order chi connectivity index (χ0) is 29.9. The number of carbonyl (C=O) groups excluding carboxylic acids is 5. The van der Waals surface area contributed by atoms with Gasteiger partial charge in [-0.2, -0.15) is 0 Å². The number of Topliss-reactive ketones (excluding diaryl/α,β-unsaturated/α-hetero) is 2. The number of fused-ring (bicyclic) bond motifs is 5. The molecule has 0 bridgehead atoms. The van der Waals surface area contributed by atoms with E-state index < -0.39 is 53.4 Å². The van der Waals surface area contributed by atoms with Gasteiger partial charge in [-0.25, -0.2) is 4.79 Å². The average molecular weight is 574 g/mol. The molecule has 4 aliphatic carbocycles. The summed E-state index contributed by atoms with van der Waals surface area (Å²) in [6.45, 7) is 3.04. The molecule has 11 nitrogen and oxygen atoms in total. The zero-order valence-corrected chi connectivity index (χ0v) is 23.6. The number of carboxylic acids is 1. The number of hydrogen-bond acceptors (Lipinski definition) is 9. The highest BCUT2D eigenvalue weighted by atomic mass is 16.5. The Hall–Kier alpha value is -2.92. The molecule has 1 saturated heterocycles. The highest BCUT2D eigenvalue weighted by molar-refractivity contribution is 5.95. The van der Waals surface area contributed by atoms with Crippen molar-refractivity contribution >= 4 is 35.2 Å². The second-order valence-electron chi connectivity index (χ2n) is 13.2. The Labute approximate surface area is 238 Å². The number of ether oxygens (including phenoxy) is 1. The van der Waals surface area contributed by atoms with Crippen LogP contribution in [0.4, 0.5) is 0 Å². The van der Waals surface area contributed by atoms with Crippen LogP contribution in [0, 0.1) is 28.6 Å². The van der Waals surface area contributed by atoms with Gasteiger partial charge in [0.1, 0.15) is 17.4 Å². The van der Waals surface area contributed by atoms with Crippen LogP contribution in [-0.4, -0.2) is 86.3 Å². The van der Waals surface area contributed by atoms with Crippen molar-refractivity contribution in [1.29, 1.82) is 0 Å². The Bertz CT molecular complexity index is 1230. The molecule has 0 unspecified atom stereocenters. The van der Waals surface area contributed by atoms with Gasteiger partial charge in [0.2, 0.25) is 11.7 Å². The lowest BCUT2D eigenvalue weighted by molar-refractivity contribution is -0.174. The fraction of sp³-hybridized carbons (Fsp3) is 0.733. The highest BCUT2D eigenvalue weighted by Gasteiger charge is 2.68. The summed E-state index contributed by atoms with van der Waals surface area (Å²) in [7, 11) is 0. The number of ketones is 3. The van der Waals surface area contributed by atoms with Crippen LogP contribution < -0.4 is 0 Å². The molecule has 11 heteroatoms. The molecule has 0 radical (unpaired) electrons. The average Bonchev–Trinajstić information content (AvgIpc) is 3.43. The van der Waals surface area contributed by atoms with E-state index in [2.05, 4.69) is 6.92 Å². The first-order valence-electron chi connectivity index (χ1n) is 14.6. The van der Waals surface area contributed by atoms with E-state index in [1.165, 1.54) is 0 Å². The maximum Gasteiger partial charge on any atom is 0.326 e. The second kappa shape index (κ2) is 10.4. The maximum atomic E-state index is 13.7. The number of aliphatic hydroxyl groups is 2. The van der Waals surface area contributed by atoms with Gasteiger partial charge in [0.25, 0.3) is 0 Å². The number of carboxylic acid groups (broad SMARTS) is 1. The molecule has 0 spiro atoms. The molecule has 1 aliphatic heterocycles. The zero-order valence-electron chi connectivity index (χ0n) is 23.6. The van der Waals surface area contributed by atoms with Crippen molar-refractivity contribution in [1.82, 2.24) is 4.90 Å². The first-order valence-corrected chi connectivity index (χ1v) is 14.6. The van der Waals surface area contributed by atoms with E-state index in [1.807, 2.05) is 0 Å². The van der Waals surface area contributed by atoms with Crippen molar-refractivity contribution in [3.63, 3.8) is 0 Å². The summed E-state index contributed by atoms with van der Waals surface area (Å²) in [5, 5.41) is 30.7. The Morgan fingerprint density at radius 1 is 1.07 bits per heavy atom. The topological polar surface area (TPSA) is 176 Å². The van der Waals surface area contributed by atoms with Crippen LogP contribution in [0.15, 0.2) is 11.6 Å². The number of allylic oxidation sites excluding steroid dienone is 1. The molecule has 5 rings (SSSR count). The number of aliphatic carboxylic acids is 1. The van der Waals surface area contributed by atoms with Crippen LogP contribution in [0.3, 0.4) is 0 Å². The number of amides is 1. The lowest BCUT2D eigenvalue weighted by Gasteiger charge is -2.57. The number of carbonyl (C=O) groups is 6. The molecule has 0 aromatic carbocycles. The molecule has 3 saturated carbocycles. The van der Waals surface area contributed by atoms with Gasteiger partial charge in [0.05, 0.1) is 12.5 Å². The molecule has 1 heterocycles. The molecule has 0 aromatic heterocycles. The number of rotatable bonds is 7. The van der Waals surface area contributed by atoms with Crippen molar-refractivity contribution in [2.45, 2.75) is 95.8 Å². The minimum Gasteiger partial charge on any atom is -0.480 e. The van der Waals surface area contributed by atoms with E-state index in [1.54, 1.807) is 13.0 Å². The number of hydrogen-bond donors (Lipinski definition) is 3. The largest absolute Gasteiger partial charge is 0.480 e. The molecule has 4 fully saturated rings. The van der Waals surface area contributed by atoms with Crippen molar-refractivity contribution in [3.05, 3.63) is 11.6 Å². The summed E-state index contributed by atoms with van der Waals surface area (Å²) in [6, 6.07) is -1.16. The number of esters is 1. The molecule has 41 heavy (non-hydrogen) atoms. The van der Waals surface area contributed by atoms with E-state index in [9.17, 15) is 44.1 Å². The van der Waals surface area contributed by atoms with E-state index in [0.29, 0.717) is 19.3 Å². The quantitative estimate of drug-likeness (QED) is 0.377. The number of β-amino-alcohol motifs (C(OH)–C–C–N with tert-alkyl or cyclic N) is 1. The van der Waals surface area contributed by atoms with Gasteiger partial charge in [-0.05, 0) is 55.4 Å².